The summed E-state index contributed by atoms with van der Waals surface area (Å²) in [5.74, 6) is -0.0342. The lowest BCUT2D eigenvalue weighted by Gasteiger charge is -2.40. The molecule has 1 atom stereocenters. The van der Waals surface area contributed by atoms with Crippen molar-refractivity contribution in [3.63, 3.8) is 0 Å². The van der Waals surface area contributed by atoms with Crippen LogP contribution in [0, 0.1) is 5.82 Å². The maximum absolute atomic E-state index is 13.8. The molecule has 3 rings (SSSR count). The van der Waals surface area contributed by atoms with Crippen molar-refractivity contribution in [2.24, 2.45) is 0 Å². The van der Waals surface area contributed by atoms with Crippen LogP contribution >= 0.6 is 0 Å². The normalized spacial score (nSPS) is 19.2. The third kappa shape index (κ3) is 4.07. The average molecular weight is 354 g/mol. The summed E-state index contributed by atoms with van der Waals surface area (Å²) in [6.07, 6.45) is -1.73. The second-order valence-electron chi connectivity index (χ2n) is 6.11. The minimum atomic E-state index is -4.46. The summed E-state index contributed by atoms with van der Waals surface area (Å²) in [7, 11) is 0. The zero-order valence-electron chi connectivity index (χ0n) is 13.7. The molecule has 3 heterocycles. The number of hydrogen-bond donors (Lipinski definition) is 0. The fourth-order valence-electron chi connectivity index (χ4n) is 2.95. The zero-order valence-corrected chi connectivity index (χ0v) is 13.7. The van der Waals surface area contributed by atoms with E-state index in [0.717, 1.165) is 6.07 Å². The summed E-state index contributed by atoms with van der Waals surface area (Å²) in [6, 6.07) is 5.62. The Morgan fingerprint density at radius 3 is 2.68 bits per heavy atom. The standard InChI is InChI=1S/C17H18F4N4/c1-12-10-25(16-4-2-3-15(23-16)17(19,20)21)8-7-24(12)11-13-5-6-22-9-14(13)18/h2-6,9,12H,7-8,10-11H2,1H3. The summed E-state index contributed by atoms with van der Waals surface area (Å²) in [5.41, 5.74) is -0.327. The summed E-state index contributed by atoms with van der Waals surface area (Å²) < 4.78 is 52.2. The number of halogens is 4. The van der Waals surface area contributed by atoms with Crippen LogP contribution in [0.5, 0.6) is 0 Å². The van der Waals surface area contributed by atoms with Gasteiger partial charge in [-0.25, -0.2) is 9.37 Å². The first-order valence-corrected chi connectivity index (χ1v) is 7.96. The van der Waals surface area contributed by atoms with Crippen LogP contribution in [0.15, 0.2) is 36.7 Å². The van der Waals surface area contributed by atoms with Crippen LogP contribution in [0.3, 0.4) is 0 Å². The fraction of sp³-hybridized carbons (Fsp3) is 0.412. The molecule has 0 aliphatic carbocycles. The highest BCUT2D eigenvalue weighted by Crippen LogP contribution is 2.29. The van der Waals surface area contributed by atoms with E-state index in [2.05, 4.69) is 14.9 Å². The van der Waals surface area contributed by atoms with Gasteiger partial charge in [-0.3, -0.25) is 9.88 Å². The van der Waals surface area contributed by atoms with Gasteiger partial charge in [-0.1, -0.05) is 6.07 Å². The van der Waals surface area contributed by atoms with E-state index in [9.17, 15) is 17.6 Å². The Hall–Kier alpha value is -2.22. The minimum absolute atomic E-state index is 0.0534. The smallest absolute Gasteiger partial charge is 0.354 e. The quantitative estimate of drug-likeness (QED) is 0.792. The van der Waals surface area contributed by atoms with Crippen molar-refractivity contribution in [3.05, 3.63) is 53.7 Å². The monoisotopic (exact) mass is 354 g/mol. The number of hydrogen-bond acceptors (Lipinski definition) is 4. The van der Waals surface area contributed by atoms with Crippen LogP contribution in [-0.4, -0.2) is 40.5 Å². The Kier molecular flexibility index (Phi) is 4.89. The fourth-order valence-corrected chi connectivity index (χ4v) is 2.95. The SMILES string of the molecule is CC1CN(c2cccc(C(F)(F)F)n2)CCN1Cc1ccncc1F. The molecular formula is C17H18F4N4. The molecule has 8 heteroatoms. The van der Waals surface area contributed by atoms with Gasteiger partial charge in [0.05, 0.1) is 6.20 Å². The van der Waals surface area contributed by atoms with Crippen molar-refractivity contribution in [2.45, 2.75) is 25.7 Å². The van der Waals surface area contributed by atoms with Crippen molar-refractivity contribution >= 4 is 5.82 Å². The van der Waals surface area contributed by atoms with Crippen LogP contribution < -0.4 is 4.90 Å². The van der Waals surface area contributed by atoms with E-state index in [0.29, 0.717) is 37.6 Å². The Labute approximate surface area is 143 Å². The van der Waals surface area contributed by atoms with Crippen molar-refractivity contribution < 1.29 is 17.6 Å². The van der Waals surface area contributed by atoms with Gasteiger partial charge >= 0.3 is 6.18 Å². The molecule has 1 fully saturated rings. The number of pyridine rings is 2. The topological polar surface area (TPSA) is 32.3 Å². The van der Waals surface area contributed by atoms with Gasteiger partial charge in [0.25, 0.3) is 0 Å². The Morgan fingerprint density at radius 1 is 1.20 bits per heavy atom. The van der Waals surface area contributed by atoms with E-state index in [4.69, 9.17) is 0 Å². The summed E-state index contributed by atoms with van der Waals surface area (Å²) >= 11 is 0. The summed E-state index contributed by atoms with van der Waals surface area (Å²) in [4.78, 5) is 11.4. The highest BCUT2D eigenvalue weighted by molar-refractivity contribution is 5.40. The Balaban J connectivity index is 1.69. The lowest BCUT2D eigenvalue weighted by Crippen LogP contribution is -2.51. The second-order valence-corrected chi connectivity index (χ2v) is 6.11. The van der Waals surface area contributed by atoms with E-state index in [1.165, 1.54) is 12.3 Å². The number of rotatable bonds is 3. The van der Waals surface area contributed by atoms with Crippen LogP contribution in [0.4, 0.5) is 23.4 Å². The second kappa shape index (κ2) is 6.95. The van der Waals surface area contributed by atoms with E-state index >= 15 is 0 Å². The maximum atomic E-state index is 13.8. The van der Waals surface area contributed by atoms with Crippen LogP contribution in [0.25, 0.3) is 0 Å². The van der Waals surface area contributed by atoms with Gasteiger partial charge in [0, 0.05) is 44.0 Å². The van der Waals surface area contributed by atoms with E-state index in [-0.39, 0.29) is 11.9 Å². The molecule has 0 spiro atoms. The first kappa shape index (κ1) is 17.6. The van der Waals surface area contributed by atoms with Gasteiger partial charge in [-0.15, -0.1) is 0 Å². The summed E-state index contributed by atoms with van der Waals surface area (Å²) in [5, 5.41) is 0. The van der Waals surface area contributed by atoms with Gasteiger partial charge < -0.3 is 4.90 Å². The molecule has 0 amide bonds. The molecule has 25 heavy (non-hydrogen) atoms. The molecule has 0 radical (unpaired) electrons. The zero-order chi connectivity index (χ0) is 18.0. The molecule has 2 aromatic heterocycles. The first-order valence-electron chi connectivity index (χ1n) is 7.96. The van der Waals surface area contributed by atoms with Crippen molar-refractivity contribution in [2.75, 3.05) is 24.5 Å². The van der Waals surface area contributed by atoms with Crippen molar-refractivity contribution in [1.29, 1.82) is 0 Å². The Bertz CT molecular complexity index is 735. The Morgan fingerprint density at radius 2 is 2.00 bits per heavy atom. The minimum Gasteiger partial charge on any atom is -0.354 e. The van der Waals surface area contributed by atoms with Gasteiger partial charge in [0.1, 0.15) is 17.3 Å². The summed E-state index contributed by atoms with van der Waals surface area (Å²) in [6.45, 7) is 4.09. The molecule has 1 saturated heterocycles. The van der Waals surface area contributed by atoms with Gasteiger partial charge in [0.15, 0.2) is 0 Å². The third-order valence-electron chi connectivity index (χ3n) is 4.34. The van der Waals surface area contributed by atoms with Gasteiger partial charge in [-0.05, 0) is 25.1 Å². The lowest BCUT2D eigenvalue weighted by molar-refractivity contribution is -0.141. The molecule has 4 nitrogen and oxygen atoms in total. The number of nitrogens with zero attached hydrogens (tertiary/aromatic N) is 4. The predicted octanol–water partition coefficient (Wildman–Crippen LogP) is 3.35. The van der Waals surface area contributed by atoms with Crippen molar-refractivity contribution in [1.82, 2.24) is 14.9 Å². The number of aromatic nitrogens is 2. The largest absolute Gasteiger partial charge is 0.433 e. The molecule has 0 N–H and O–H groups in total. The van der Waals surface area contributed by atoms with Crippen LogP contribution in [-0.2, 0) is 12.7 Å². The van der Waals surface area contributed by atoms with Gasteiger partial charge in [-0.2, -0.15) is 13.2 Å². The number of anilines is 1. The molecule has 0 saturated carbocycles. The molecule has 0 bridgehead atoms. The molecule has 0 aromatic carbocycles. The molecule has 1 unspecified atom stereocenters. The molecule has 1 aliphatic rings. The predicted molar refractivity (Wildman–Crippen MR) is 85.5 cm³/mol. The molecule has 134 valence electrons. The number of alkyl halides is 3. The average Bonchev–Trinajstić information content (AvgIpc) is 2.58. The molecule has 1 aliphatic heterocycles. The van der Waals surface area contributed by atoms with Gasteiger partial charge in [0.2, 0.25) is 0 Å². The highest BCUT2D eigenvalue weighted by Gasteiger charge is 2.33. The van der Waals surface area contributed by atoms with Crippen LogP contribution in [0.2, 0.25) is 0 Å². The highest BCUT2D eigenvalue weighted by atomic mass is 19.4. The van der Waals surface area contributed by atoms with E-state index in [1.807, 2.05) is 11.8 Å². The lowest BCUT2D eigenvalue weighted by atomic mass is 10.1. The molecule has 2 aromatic rings. The first-order chi connectivity index (χ1) is 11.8. The molecular weight excluding hydrogens is 336 g/mol. The van der Waals surface area contributed by atoms with Crippen LogP contribution in [0.1, 0.15) is 18.2 Å². The van der Waals surface area contributed by atoms with E-state index < -0.39 is 11.9 Å². The maximum Gasteiger partial charge on any atom is 0.433 e. The van der Waals surface area contributed by atoms with Crippen molar-refractivity contribution in [3.8, 4) is 0 Å². The number of piperazine rings is 1. The van der Waals surface area contributed by atoms with E-state index in [1.54, 1.807) is 18.3 Å². The third-order valence-corrected chi connectivity index (χ3v) is 4.34.